The summed E-state index contributed by atoms with van der Waals surface area (Å²) in [6.07, 6.45) is 1.11. The number of nitro groups is 1. The smallest absolute Gasteiger partial charge is 0.271 e. The Kier molecular flexibility index (Phi) is 4.10. The van der Waals surface area contributed by atoms with Gasteiger partial charge in [0.05, 0.1) is 10.6 Å². The van der Waals surface area contributed by atoms with Gasteiger partial charge in [-0.2, -0.15) is 0 Å². The fraction of sp³-hybridized carbons (Fsp3) is 0.0833. The summed E-state index contributed by atoms with van der Waals surface area (Å²) in [7, 11) is -3.89. The van der Waals surface area contributed by atoms with Crippen molar-refractivity contribution in [2.24, 2.45) is 0 Å². The van der Waals surface area contributed by atoms with Crippen LogP contribution in [0.1, 0.15) is 5.56 Å². The summed E-state index contributed by atoms with van der Waals surface area (Å²) in [5.41, 5.74) is 0.498. The first-order valence-corrected chi connectivity index (χ1v) is 7.55. The lowest BCUT2D eigenvalue weighted by Gasteiger charge is -2.10. The van der Waals surface area contributed by atoms with Crippen molar-refractivity contribution >= 4 is 33.0 Å². The Labute approximate surface area is 125 Å². The van der Waals surface area contributed by atoms with Gasteiger partial charge < -0.3 is 0 Å². The summed E-state index contributed by atoms with van der Waals surface area (Å²) in [4.78, 5) is 13.8. The van der Waals surface area contributed by atoms with Gasteiger partial charge in [-0.15, -0.1) is 0 Å². The summed E-state index contributed by atoms with van der Waals surface area (Å²) in [5, 5.41) is 10.9. The Morgan fingerprint density at radius 2 is 2.00 bits per heavy atom. The molecule has 0 bridgehead atoms. The molecule has 1 aromatic carbocycles. The number of hydrogen-bond donors (Lipinski definition) is 1. The van der Waals surface area contributed by atoms with Crippen LogP contribution in [0.5, 0.6) is 0 Å². The van der Waals surface area contributed by atoms with Gasteiger partial charge in [0.1, 0.15) is 10.0 Å². The number of benzene rings is 1. The van der Waals surface area contributed by atoms with Gasteiger partial charge in [-0.3, -0.25) is 14.8 Å². The standard InChI is InChI=1S/C12H10ClN3O4S/c1-8-2-3-9(16(17)18)6-11(8)15-21(19,20)10-4-5-12(13)14-7-10/h2-7,15H,1H3. The normalized spacial score (nSPS) is 11.1. The van der Waals surface area contributed by atoms with E-state index >= 15 is 0 Å². The van der Waals surface area contributed by atoms with Crippen LogP contribution in [0.15, 0.2) is 41.4 Å². The Bertz CT molecular complexity index is 791. The van der Waals surface area contributed by atoms with Gasteiger partial charge in [-0.1, -0.05) is 17.7 Å². The van der Waals surface area contributed by atoms with Gasteiger partial charge in [0.15, 0.2) is 0 Å². The highest BCUT2D eigenvalue weighted by atomic mass is 35.5. The molecule has 110 valence electrons. The molecule has 0 spiro atoms. The van der Waals surface area contributed by atoms with Crippen molar-refractivity contribution in [1.29, 1.82) is 0 Å². The van der Waals surface area contributed by atoms with Gasteiger partial charge in [0, 0.05) is 18.3 Å². The van der Waals surface area contributed by atoms with E-state index in [0.29, 0.717) is 5.56 Å². The average molecular weight is 328 g/mol. The summed E-state index contributed by atoms with van der Waals surface area (Å²) in [5.74, 6) is 0. The Morgan fingerprint density at radius 3 is 2.57 bits per heavy atom. The fourth-order valence-electron chi connectivity index (χ4n) is 1.56. The van der Waals surface area contributed by atoms with Crippen LogP contribution in [0, 0.1) is 17.0 Å². The van der Waals surface area contributed by atoms with E-state index in [9.17, 15) is 18.5 Å². The van der Waals surface area contributed by atoms with Gasteiger partial charge in [-0.25, -0.2) is 13.4 Å². The topological polar surface area (TPSA) is 102 Å². The molecular weight excluding hydrogens is 318 g/mol. The Morgan fingerprint density at radius 1 is 1.29 bits per heavy atom. The number of hydrogen-bond acceptors (Lipinski definition) is 5. The minimum Gasteiger partial charge on any atom is -0.279 e. The fourth-order valence-corrected chi connectivity index (χ4v) is 2.74. The molecular formula is C12H10ClN3O4S. The molecule has 0 saturated carbocycles. The quantitative estimate of drug-likeness (QED) is 0.528. The van der Waals surface area contributed by atoms with Crippen molar-refractivity contribution in [1.82, 2.24) is 4.98 Å². The number of nitrogens with zero attached hydrogens (tertiary/aromatic N) is 2. The van der Waals surface area contributed by atoms with Crippen LogP contribution in [0.25, 0.3) is 0 Å². The molecule has 0 aliphatic carbocycles. The average Bonchev–Trinajstić information content (AvgIpc) is 2.41. The van der Waals surface area contributed by atoms with E-state index in [1.165, 1.54) is 24.3 Å². The molecule has 0 unspecified atom stereocenters. The lowest BCUT2D eigenvalue weighted by atomic mass is 10.2. The molecule has 1 aromatic heterocycles. The molecule has 0 fully saturated rings. The number of nitro benzene ring substituents is 1. The Hall–Kier alpha value is -2.19. The monoisotopic (exact) mass is 327 g/mol. The molecule has 1 heterocycles. The molecule has 9 heteroatoms. The van der Waals surface area contributed by atoms with Crippen LogP contribution in [-0.4, -0.2) is 18.3 Å². The zero-order valence-corrected chi connectivity index (χ0v) is 12.4. The van der Waals surface area contributed by atoms with Crippen LogP contribution in [0.2, 0.25) is 5.15 Å². The molecule has 7 nitrogen and oxygen atoms in total. The number of aromatic nitrogens is 1. The third kappa shape index (κ3) is 3.47. The maximum absolute atomic E-state index is 12.2. The van der Waals surface area contributed by atoms with Crippen molar-refractivity contribution < 1.29 is 13.3 Å². The van der Waals surface area contributed by atoms with E-state index in [-0.39, 0.29) is 21.4 Å². The van der Waals surface area contributed by atoms with Crippen molar-refractivity contribution in [3.05, 3.63) is 57.4 Å². The van der Waals surface area contributed by atoms with Crippen LogP contribution < -0.4 is 4.72 Å². The lowest BCUT2D eigenvalue weighted by molar-refractivity contribution is -0.384. The van der Waals surface area contributed by atoms with Crippen LogP contribution in [0.3, 0.4) is 0 Å². The van der Waals surface area contributed by atoms with Crippen LogP contribution in [-0.2, 0) is 10.0 Å². The lowest BCUT2D eigenvalue weighted by Crippen LogP contribution is -2.14. The molecule has 2 aromatic rings. The number of anilines is 1. The van der Waals surface area contributed by atoms with E-state index in [0.717, 1.165) is 12.3 Å². The summed E-state index contributed by atoms with van der Waals surface area (Å²) in [6, 6.07) is 6.57. The summed E-state index contributed by atoms with van der Waals surface area (Å²) < 4.78 is 26.7. The first kappa shape index (κ1) is 15.2. The van der Waals surface area contributed by atoms with E-state index < -0.39 is 14.9 Å². The van der Waals surface area contributed by atoms with Crippen molar-refractivity contribution in [2.75, 3.05) is 4.72 Å². The van der Waals surface area contributed by atoms with Gasteiger partial charge in [0.2, 0.25) is 0 Å². The molecule has 2 rings (SSSR count). The number of sulfonamides is 1. The predicted molar refractivity (Wildman–Crippen MR) is 77.9 cm³/mol. The molecule has 0 aliphatic heterocycles. The number of rotatable bonds is 4. The largest absolute Gasteiger partial charge is 0.279 e. The molecule has 21 heavy (non-hydrogen) atoms. The SMILES string of the molecule is Cc1ccc([N+](=O)[O-])cc1NS(=O)(=O)c1ccc(Cl)nc1. The second kappa shape index (κ2) is 5.66. The summed E-state index contributed by atoms with van der Waals surface area (Å²) in [6.45, 7) is 1.64. The number of halogens is 1. The van der Waals surface area contributed by atoms with E-state index in [1.54, 1.807) is 6.92 Å². The van der Waals surface area contributed by atoms with Crippen molar-refractivity contribution in [3.63, 3.8) is 0 Å². The summed E-state index contributed by atoms with van der Waals surface area (Å²) >= 11 is 5.60. The molecule has 0 atom stereocenters. The minimum atomic E-state index is -3.89. The first-order valence-electron chi connectivity index (χ1n) is 5.69. The maximum Gasteiger partial charge on any atom is 0.271 e. The van der Waals surface area contributed by atoms with Gasteiger partial charge >= 0.3 is 0 Å². The molecule has 0 radical (unpaired) electrons. The maximum atomic E-state index is 12.2. The number of nitrogens with one attached hydrogen (secondary N) is 1. The van der Waals surface area contributed by atoms with E-state index in [4.69, 9.17) is 11.6 Å². The zero-order chi connectivity index (χ0) is 15.6. The second-order valence-corrected chi connectivity index (χ2v) is 6.25. The number of non-ortho nitro benzene ring substituents is 1. The molecule has 1 N–H and O–H groups in total. The molecule has 0 saturated heterocycles. The number of pyridine rings is 1. The van der Waals surface area contributed by atoms with E-state index in [1.807, 2.05) is 0 Å². The third-order valence-corrected chi connectivity index (χ3v) is 4.26. The van der Waals surface area contributed by atoms with Crippen LogP contribution >= 0.6 is 11.6 Å². The first-order chi connectivity index (χ1) is 9.79. The van der Waals surface area contributed by atoms with Gasteiger partial charge in [0.25, 0.3) is 15.7 Å². The Balaban J connectivity index is 2.38. The van der Waals surface area contributed by atoms with Crippen molar-refractivity contribution in [2.45, 2.75) is 11.8 Å². The number of aryl methyl sites for hydroxylation is 1. The van der Waals surface area contributed by atoms with Crippen LogP contribution in [0.4, 0.5) is 11.4 Å². The molecule has 0 aliphatic rings. The predicted octanol–water partition coefficient (Wildman–Crippen LogP) is 2.75. The van der Waals surface area contributed by atoms with Crippen molar-refractivity contribution in [3.8, 4) is 0 Å². The van der Waals surface area contributed by atoms with Gasteiger partial charge in [-0.05, 0) is 24.6 Å². The zero-order valence-electron chi connectivity index (χ0n) is 10.8. The molecule has 0 amide bonds. The third-order valence-electron chi connectivity index (χ3n) is 2.69. The van der Waals surface area contributed by atoms with E-state index in [2.05, 4.69) is 9.71 Å². The highest BCUT2D eigenvalue weighted by molar-refractivity contribution is 7.92. The second-order valence-electron chi connectivity index (χ2n) is 4.18. The minimum absolute atomic E-state index is 0.0854. The highest BCUT2D eigenvalue weighted by Crippen LogP contribution is 2.24. The highest BCUT2D eigenvalue weighted by Gasteiger charge is 2.17.